The van der Waals surface area contributed by atoms with Crippen molar-refractivity contribution in [2.45, 2.75) is 58.3 Å². The van der Waals surface area contributed by atoms with Crippen LogP contribution in [0.2, 0.25) is 0 Å². The Kier molecular flexibility index (Phi) is 2.34. The summed E-state index contributed by atoms with van der Waals surface area (Å²) in [6.45, 7) is 7.93. The van der Waals surface area contributed by atoms with E-state index < -0.39 is 5.79 Å². The zero-order valence-electron chi connectivity index (χ0n) is 10.0. The van der Waals surface area contributed by atoms with Crippen molar-refractivity contribution in [3.8, 4) is 0 Å². The van der Waals surface area contributed by atoms with Gasteiger partial charge in [0.1, 0.15) is 5.60 Å². The zero-order chi connectivity index (χ0) is 11.3. The second-order valence-electron chi connectivity index (χ2n) is 5.34. The lowest BCUT2D eigenvalue weighted by Gasteiger charge is -2.30. The number of carbonyl (C=O) groups is 1. The van der Waals surface area contributed by atoms with E-state index in [2.05, 4.69) is 20.8 Å². The normalized spacial score (nSPS) is 43.7. The Balaban J connectivity index is 2.18. The van der Waals surface area contributed by atoms with E-state index in [4.69, 9.17) is 9.47 Å². The van der Waals surface area contributed by atoms with Crippen molar-refractivity contribution >= 4 is 5.97 Å². The molecular formula is C12H20O3. The van der Waals surface area contributed by atoms with Crippen molar-refractivity contribution in [2.24, 2.45) is 11.8 Å². The van der Waals surface area contributed by atoms with E-state index in [0.29, 0.717) is 11.8 Å². The molecule has 0 bridgehead atoms. The Morgan fingerprint density at radius 3 is 2.73 bits per heavy atom. The van der Waals surface area contributed by atoms with Gasteiger partial charge in [-0.25, -0.2) is 0 Å². The standard InChI is InChI=1S/C12H20O3/c1-8(2)11-6-5-9(3)7-12(11,15-11)14-10(4)13/h8-9H,5-7H2,1-4H3/t9-,11+,12+/m0/s1. The molecule has 0 aromatic carbocycles. The molecular weight excluding hydrogens is 192 g/mol. The van der Waals surface area contributed by atoms with Gasteiger partial charge in [0.15, 0.2) is 0 Å². The largest absolute Gasteiger partial charge is 0.430 e. The molecule has 1 heterocycles. The summed E-state index contributed by atoms with van der Waals surface area (Å²) in [4.78, 5) is 11.1. The second-order valence-corrected chi connectivity index (χ2v) is 5.34. The number of esters is 1. The van der Waals surface area contributed by atoms with Crippen LogP contribution in [-0.4, -0.2) is 17.4 Å². The molecule has 1 saturated carbocycles. The van der Waals surface area contributed by atoms with Crippen LogP contribution >= 0.6 is 0 Å². The van der Waals surface area contributed by atoms with Crippen LogP contribution in [0.25, 0.3) is 0 Å². The van der Waals surface area contributed by atoms with E-state index in [0.717, 1.165) is 12.8 Å². The molecule has 0 radical (unpaired) electrons. The molecule has 3 heteroatoms. The molecule has 0 aromatic rings. The number of rotatable bonds is 2. The van der Waals surface area contributed by atoms with Crippen molar-refractivity contribution in [3.63, 3.8) is 0 Å². The first-order chi connectivity index (χ1) is 6.92. The van der Waals surface area contributed by atoms with Gasteiger partial charge in [-0.05, 0) is 24.7 Å². The Hall–Kier alpha value is -0.570. The van der Waals surface area contributed by atoms with Crippen LogP contribution in [0.5, 0.6) is 0 Å². The lowest BCUT2D eigenvalue weighted by atomic mass is 9.75. The number of ether oxygens (including phenoxy) is 2. The van der Waals surface area contributed by atoms with Crippen molar-refractivity contribution in [3.05, 3.63) is 0 Å². The maximum atomic E-state index is 11.1. The quantitative estimate of drug-likeness (QED) is 0.521. The first-order valence-electron chi connectivity index (χ1n) is 5.81. The van der Waals surface area contributed by atoms with Gasteiger partial charge < -0.3 is 9.47 Å². The highest BCUT2D eigenvalue weighted by atomic mass is 16.8. The van der Waals surface area contributed by atoms with E-state index in [1.54, 1.807) is 0 Å². The Morgan fingerprint density at radius 2 is 2.20 bits per heavy atom. The van der Waals surface area contributed by atoms with Gasteiger partial charge in [0.05, 0.1) is 0 Å². The monoisotopic (exact) mass is 212 g/mol. The van der Waals surface area contributed by atoms with Crippen LogP contribution in [0.4, 0.5) is 0 Å². The third kappa shape index (κ3) is 1.48. The fraction of sp³-hybridized carbons (Fsp3) is 0.917. The van der Waals surface area contributed by atoms with Crippen molar-refractivity contribution < 1.29 is 14.3 Å². The van der Waals surface area contributed by atoms with Crippen LogP contribution in [0.15, 0.2) is 0 Å². The molecule has 0 spiro atoms. The summed E-state index contributed by atoms with van der Waals surface area (Å²) in [5.41, 5.74) is -0.189. The van der Waals surface area contributed by atoms with Crippen molar-refractivity contribution in [1.82, 2.24) is 0 Å². The number of carbonyl (C=O) groups excluding carboxylic acids is 1. The van der Waals surface area contributed by atoms with E-state index in [9.17, 15) is 4.79 Å². The van der Waals surface area contributed by atoms with E-state index in [1.807, 2.05) is 0 Å². The number of hydrogen-bond donors (Lipinski definition) is 0. The maximum absolute atomic E-state index is 11.1. The minimum atomic E-state index is -0.593. The predicted octanol–water partition coefficient (Wildman–Crippen LogP) is 2.49. The predicted molar refractivity (Wildman–Crippen MR) is 56.2 cm³/mol. The minimum Gasteiger partial charge on any atom is -0.430 e. The molecule has 1 aliphatic carbocycles. The highest BCUT2D eigenvalue weighted by molar-refractivity contribution is 5.67. The SMILES string of the molecule is CC(=O)O[C@@]12C[C@@H](C)CC[C@]1(C(C)C)O2. The van der Waals surface area contributed by atoms with Gasteiger partial charge in [-0.2, -0.15) is 0 Å². The fourth-order valence-corrected chi connectivity index (χ4v) is 2.97. The molecule has 2 rings (SSSR count). The summed E-state index contributed by atoms with van der Waals surface area (Å²) >= 11 is 0. The molecule has 0 unspecified atom stereocenters. The first kappa shape index (κ1) is 10.9. The smallest absolute Gasteiger partial charge is 0.305 e. The Labute approximate surface area is 91.1 Å². The van der Waals surface area contributed by atoms with Gasteiger partial charge in [0.25, 0.3) is 0 Å². The summed E-state index contributed by atoms with van der Waals surface area (Å²) in [6.07, 6.45) is 3.03. The third-order valence-corrected chi connectivity index (χ3v) is 3.82. The van der Waals surface area contributed by atoms with E-state index in [1.165, 1.54) is 13.3 Å². The summed E-state index contributed by atoms with van der Waals surface area (Å²) in [5, 5.41) is 0. The average Bonchev–Trinajstić information content (AvgIpc) is 2.71. The van der Waals surface area contributed by atoms with E-state index >= 15 is 0 Å². The molecule has 1 aliphatic heterocycles. The maximum Gasteiger partial charge on any atom is 0.305 e. The molecule has 0 amide bonds. The lowest BCUT2D eigenvalue weighted by Crippen LogP contribution is -2.39. The van der Waals surface area contributed by atoms with Crippen molar-refractivity contribution in [2.75, 3.05) is 0 Å². The van der Waals surface area contributed by atoms with Gasteiger partial charge in [0, 0.05) is 13.3 Å². The summed E-state index contributed by atoms with van der Waals surface area (Å²) in [5.74, 6) is 0.166. The van der Waals surface area contributed by atoms with Crippen LogP contribution in [0, 0.1) is 11.8 Å². The molecule has 3 nitrogen and oxygen atoms in total. The molecule has 2 aliphatic rings. The van der Waals surface area contributed by atoms with Crippen LogP contribution in [-0.2, 0) is 14.3 Å². The Bertz CT molecular complexity index is 287. The van der Waals surface area contributed by atoms with Gasteiger partial charge in [-0.1, -0.05) is 20.8 Å². The van der Waals surface area contributed by atoms with Gasteiger partial charge >= 0.3 is 5.97 Å². The van der Waals surface area contributed by atoms with Crippen molar-refractivity contribution in [1.29, 1.82) is 0 Å². The summed E-state index contributed by atoms with van der Waals surface area (Å²) in [7, 11) is 0. The molecule has 0 N–H and O–H groups in total. The summed E-state index contributed by atoms with van der Waals surface area (Å²) < 4.78 is 11.3. The van der Waals surface area contributed by atoms with Gasteiger partial charge in [-0.3, -0.25) is 4.79 Å². The first-order valence-corrected chi connectivity index (χ1v) is 5.81. The summed E-state index contributed by atoms with van der Waals surface area (Å²) in [6, 6.07) is 0. The lowest BCUT2D eigenvalue weighted by molar-refractivity contribution is -0.159. The molecule has 0 aromatic heterocycles. The molecule has 3 atom stereocenters. The zero-order valence-corrected chi connectivity index (χ0v) is 10.0. The Morgan fingerprint density at radius 1 is 1.53 bits per heavy atom. The highest BCUT2D eigenvalue weighted by Gasteiger charge is 2.75. The fourth-order valence-electron chi connectivity index (χ4n) is 2.97. The van der Waals surface area contributed by atoms with Crippen LogP contribution in [0.1, 0.15) is 47.0 Å². The number of hydrogen-bond acceptors (Lipinski definition) is 3. The van der Waals surface area contributed by atoms with Crippen LogP contribution in [0.3, 0.4) is 0 Å². The number of fused-ring (bicyclic) bond motifs is 1. The highest BCUT2D eigenvalue weighted by Crippen LogP contribution is 2.62. The van der Waals surface area contributed by atoms with Gasteiger partial charge in [-0.15, -0.1) is 0 Å². The molecule has 86 valence electrons. The minimum absolute atomic E-state index is 0.189. The molecule has 2 fully saturated rings. The topological polar surface area (TPSA) is 38.8 Å². The van der Waals surface area contributed by atoms with Crippen LogP contribution < -0.4 is 0 Å². The average molecular weight is 212 g/mol. The third-order valence-electron chi connectivity index (χ3n) is 3.82. The molecule has 1 saturated heterocycles. The molecule has 15 heavy (non-hydrogen) atoms. The van der Waals surface area contributed by atoms with E-state index in [-0.39, 0.29) is 11.6 Å². The second kappa shape index (κ2) is 3.21. The number of epoxide rings is 1. The van der Waals surface area contributed by atoms with Gasteiger partial charge in [0.2, 0.25) is 5.79 Å².